The Morgan fingerprint density at radius 2 is 2.00 bits per heavy atom. The molecule has 2 aromatic rings. The molecule has 0 aliphatic heterocycles. The number of aromatic amines is 1. The summed E-state index contributed by atoms with van der Waals surface area (Å²) in [6, 6.07) is 4.55. The summed E-state index contributed by atoms with van der Waals surface area (Å²) < 4.78 is 1.26. The fraction of sp³-hybridized carbons (Fsp3) is 0.167. The van der Waals surface area contributed by atoms with Crippen LogP contribution < -0.4 is 5.56 Å². The van der Waals surface area contributed by atoms with Crippen LogP contribution in [0.5, 0.6) is 0 Å². The molecule has 2 rings (SSSR count). The molecule has 0 aliphatic rings. The van der Waals surface area contributed by atoms with Gasteiger partial charge in [0.1, 0.15) is 5.56 Å². The minimum Gasteiger partial charge on any atom is -1.00 e. The minimum atomic E-state index is -0.406. The molecule has 98 valence electrons. The topological polar surface area (TPSA) is 54.9 Å². The van der Waals surface area contributed by atoms with Gasteiger partial charge in [0.25, 0.3) is 5.56 Å². The summed E-state index contributed by atoms with van der Waals surface area (Å²) in [6.07, 6.45) is 0. The summed E-state index contributed by atoms with van der Waals surface area (Å²) in [5, 5.41) is 3.44. The van der Waals surface area contributed by atoms with E-state index in [9.17, 15) is 9.59 Å². The molecule has 0 spiro atoms. The average Bonchev–Trinajstić information content (AvgIpc) is 2.52. The van der Waals surface area contributed by atoms with Crippen LogP contribution in [0.15, 0.2) is 23.0 Å². The molecule has 0 saturated carbocycles. The molecule has 0 unspecified atom stereocenters. The van der Waals surface area contributed by atoms with Crippen molar-refractivity contribution in [2.75, 3.05) is 0 Å². The maximum Gasteiger partial charge on any atom is 2.00 e. The number of aryl methyl sites for hydroxylation is 2. The van der Waals surface area contributed by atoms with E-state index in [1.54, 1.807) is 20.0 Å². The SMILES string of the molecule is Cc1[nH]n(C)c(=O)c1C(=O)c1ccc(Cl)cc1Cl.[Ca+2].[H-].[H-]. The second kappa shape index (κ2) is 6.46. The zero-order chi connectivity index (χ0) is 13.4. The monoisotopic (exact) mass is 326 g/mol. The smallest absolute Gasteiger partial charge is 1.00 e. The molecule has 4 nitrogen and oxygen atoms in total. The molecule has 1 heterocycles. The third kappa shape index (κ3) is 3.26. The molecule has 0 atom stereocenters. The maximum atomic E-state index is 12.3. The van der Waals surface area contributed by atoms with Crippen LogP contribution in [-0.4, -0.2) is 53.3 Å². The van der Waals surface area contributed by atoms with Crippen molar-refractivity contribution in [1.29, 1.82) is 0 Å². The fourth-order valence-corrected chi connectivity index (χ4v) is 2.26. The first kappa shape index (κ1) is 16.8. The molecule has 0 fully saturated rings. The van der Waals surface area contributed by atoms with E-state index in [2.05, 4.69) is 5.10 Å². The number of aromatic nitrogens is 2. The number of carbonyl (C=O) groups is 1. The normalized spacial score (nSPS) is 10.1. The molecular formula is C12H12CaCl2N2O2. The van der Waals surface area contributed by atoms with Crippen LogP contribution in [-0.2, 0) is 7.05 Å². The molecule has 0 aliphatic carbocycles. The van der Waals surface area contributed by atoms with Crippen LogP contribution in [0.3, 0.4) is 0 Å². The predicted octanol–water partition coefficient (Wildman–Crippen LogP) is 2.40. The number of benzene rings is 1. The van der Waals surface area contributed by atoms with E-state index < -0.39 is 5.78 Å². The van der Waals surface area contributed by atoms with Crippen LogP contribution >= 0.6 is 23.2 Å². The van der Waals surface area contributed by atoms with Crippen LogP contribution in [0.4, 0.5) is 0 Å². The minimum absolute atomic E-state index is 0. The first-order chi connectivity index (χ1) is 8.41. The molecule has 1 N–H and O–H groups in total. The van der Waals surface area contributed by atoms with E-state index in [0.717, 1.165) is 0 Å². The van der Waals surface area contributed by atoms with Gasteiger partial charge in [-0.25, -0.2) is 0 Å². The Balaban J connectivity index is 0. The summed E-state index contributed by atoms with van der Waals surface area (Å²) in [6.45, 7) is 1.67. The van der Waals surface area contributed by atoms with Crippen molar-refractivity contribution in [1.82, 2.24) is 9.78 Å². The number of nitrogens with zero attached hydrogens (tertiary/aromatic N) is 1. The number of nitrogens with one attached hydrogen (secondary N) is 1. The maximum absolute atomic E-state index is 12.3. The van der Waals surface area contributed by atoms with Gasteiger partial charge in [-0.1, -0.05) is 23.2 Å². The van der Waals surface area contributed by atoms with Gasteiger partial charge >= 0.3 is 37.7 Å². The Hall–Kier alpha value is -0.260. The van der Waals surface area contributed by atoms with E-state index in [1.807, 2.05) is 0 Å². The largest absolute Gasteiger partial charge is 2.00 e. The van der Waals surface area contributed by atoms with Crippen molar-refractivity contribution in [2.24, 2.45) is 7.05 Å². The van der Waals surface area contributed by atoms with Crippen molar-refractivity contribution in [3.8, 4) is 0 Å². The van der Waals surface area contributed by atoms with Crippen LogP contribution in [0, 0.1) is 6.92 Å². The van der Waals surface area contributed by atoms with E-state index >= 15 is 0 Å². The fourth-order valence-electron chi connectivity index (χ4n) is 1.76. The zero-order valence-electron chi connectivity index (χ0n) is 12.5. The van der Waals surface area contributed by atoms with Crippen molar-refractivity contribution in [3.63, 3.8) is 0 Å². The van der Waals surface area contributed by atoms with Gasteiger partial charge in [-0.05, 0) is 25.1 Å². The average molecular weight is 327 g/mol. The Morgan fingerprint density at radius 1 is 1.37 bits per heavy atom. The van der Waals surface area contributed by atoms with Crippen molar-refractivity contribution < 1.29 is 7.65 Å². The number of rotatable bonds is 2. The van der Waals surface area contributed by atoms with Gasteiger partial charge < -0.3 is 2.85 Å². The molecule has 0 radical (unpaired) electrons. The molecule has 0 saturated heterocycles. The van der Waals surface area contributed by atoms with Crippen molar-refractivity contribution >= 4 is 66.7 Å². The Morgan fingerprint density at radius 3 is 2.47 bits per heavy atom. The van der Waals surface area contributed by atoms with Crippen LogP contribution in [0.1, 0.15) is 24.5 Å². The first-order valence-electron chi connectivity index (χ1n) is 5.17. The van der Waals surface area contributed by atoms with E-state index in [1.165, 1.54) is 16.8 Å². The molecule has 19 heavy (non-hydrogen) atoms. The first-order valence-corrected chi connectivity index (χ1v) is 5.92. The van der Waals surface area contributed by atoms with Crippen molar-refractivity contribution in [2.45, 2.75) is 6.92 Å². The van der Waals surface area contributed by atoms with Gasteiger partial charge in [0.15, 0.2) is 0 Å². The number of H-pyrrole nitrogens is 1. The number of hydrogen-bond acceptors (Lipinski definition) is 2. The summed E-state index contributed by atoms with van der Waals surface area (Å²) in [4.78, 5) is 24.1. The van der Waals surface area contributed by atoms with Gasteiger partial charge in [-0.2, -0.15) is 0 Å². The summed E-state index contributed by atoms with van der Waals surface area (Å²) in [7, 11) is 1.55. The standard InChI is InChI=1S/C12H10Cl2N2O2.Ca.2H/c1-6-10(12(18)16(2)15-6)11(17)8-4-3-7(13)5-9(8)14;;;/h3-5,15H,1-2H3;;;/q;+2;2*-1. The molecule has 0 bridgehead atoms. The quantitative estimate of drug-likeness (QED) is 0.680. The number of hydrogen-bond donors (Lipinski definition) is 1. The van der Waals surface area contributed by atoms with Crippen LogP contribution in [0.25, 0.3) is 0 Å². The predicted molar refractivity (Wildman–Crippen MR) is 78.6 cm³/mol. The second-order valence-electron chi connectivity index (χ2n) is 3.93. The number of ketones is 1. The summed E-state index contributed by atoms with van der Waals surface area (Å²) >= 11 is 11.7. The van der Waals surface area contributed by atoms with E-state index in [0.29, 0.717) is 10.7 Å². The molecule has 1 aromatic carbocycles. The van der Waals surface area contributed by atoms with Gasteiger partial charge in [0.2, 0.25) is 5.78 Å². The van der Waals surface area contributed by atoms with E-state index in [4.69, 9.17) is 23.2 Å². The Kier molecular flexibility index (Phi) is 5.71. The molecular weight excluding hydrogens is 315 g/mol. The van der Waals surface area contributed by atoms with Gasteiger partial charge in [0, 0.05) is 23.3 Å². The van der Waals surface area contributed by atoms with Crippen molar-refractivity contribution in [3.05, 3.63) is 55.4 Å². The molecule has 7 heteroatoms. The van der Waals surface area contributed by atoms with E-state index in [-0.39, 0.29) is 62.3 Å². The Bertz CT molecular complexity index is 701. The zero-order valence-corrected chi connectivity index (χ0v) is 14.2. The van der Waals surface area contributed by atoms with Gasteiger partial charge in [-0.15, -0.1) is 0 Å². The second-order valence-corrected chi connectivity index (χ2v) is 4.77. The van der Waals surface area contributed by atoms with Crippen LogP contribution in [0.2, 0.25) is 10.0 Å². The summed E-state index contributed by atoms with van der Waals surface area (Å²) in [5.41, 5.74) is 0.504. The Labute approximate surface area is 152 Å². The molecule has 0 amide bonds. The van der Waals surface area contributed by atoms with Gasteiger partial charge in [0.05, 0.1) is 5.02 Å². The molecule has 1 aromatic heterocycles. The number of halogens is 2. The third-order valence-corrected chi connectivity index (χ3v) is 3.18. The summed E-state index contributed by atoms with van der Waals surface area (Å²) in [5.74, 6) is -0.406. The number of carbonyl (C=O) groups excluding carboxylic acids is 1. The third-order valence-electron chi connectivity index (χ3n) is 2.63. The van der Waals surface area contributed by atoms with Gasteiger partial charge in [-0.3, -0.25) is 19.4 Å².